The molecule has 17 heteroatoms. The number of benzene rings is 6. The minimum atomic E-state index is -1.97. The van der Waals surface area contributed by atoms with Crippen LogP contribution in [0.4, 0.5) is 0 Å². The van der Waals surface area contributed by atoms with Gasteiger partial charge in [0.1, 0.15) is 24.9 Å². The number of esters is 6. The molecule has 71 heavy (non-hydrogen) atoms. The van der Waals surface area contributed by atoms with E-state index in [1.807, 2.05) is 0 Å². The Morgan fingerprint density at radius 3 is 1.15 bits per heavy atom. The van der Waals surface area contributed by atoms with Gasteiger partial charge in [-0.2, -0.15) is 0 Å². The van der Waals surface area contributed by atoms with E-state index < -0.39 is 110 Å². The molecule has 0 bridgehead atoms. The van der Waals surface area contributed by atoms with Crippen molar-refractivity contribution < 1.29 is 81.6 Å². The van der Waals surface area contributed by atoms with Gasteiger partial charge in [0.05, 0.1) is 40.0 Å². The number of aliphatic hydroxyl groups is 2. The van der Waals surface area contributed by atoms with Gasteiger partial charge in [-0.05, 0) is 72.8 Å². The van der Waals surface area contributed by atoms with Gasteiger partial charge >= 0.3 is 35.8 Å². The van der Waals surface area contributed by atoms with Crippen molar-refractivity contribution >= 4 is 35.8 Å². The minimum absolute atomic E-state index is 0.0637. The summed E-state index contributed by atoms with van der Waals surface area (Å²) in [5, 5.41) is 23.2. The molecule has 2 saturated heterocycles. The van der Waals surface area contributed by atoms with E-state index in [2.05, 4.69) is 0 Å². The Bertz CT molecular complexity index is 2730. The van der Waals surface area contributed by atoms with Crippen molar-refractivity contribution in [1.29, 1.82) is 0 Å². The third-order valence-electron chi connectivity index (χ3n) is 11.3. The third-order valence-corrected chi connectivity index (χ3v) is 11.3. The van der Waals surface area contributed by atoms with Crippen LogP contribution >= 0.6 is 0 Å². The molecule has 364 valence electrons. The number of carbonyl (C=O) groups is 6. The Morgan fingerprint density at radius 2 is 0.746 bits per heavy atom. The van der Waals surface area contributed by atoms with E-state index in [4.69, 9.17) is 42.6 Å². The van der Waals surface area contributed by atoms with Gasteiger partial charge < -0.3 is 52.8 Å². The zero-order chi connectivity index (χ0) is 49.7. The number of carbonyl (C=O) groups excluding carboxylic acids is 6. The fourth-order valence-corrected chi connectivity index (χ4v) is 7.72. The summed E-state index contributed by atoms with van der Waals surface area (Å²) in [6.45, 7) is -1.48. The summed E-state index contributed by atoms with van der Waals surface area (Å²) in [5.74, 6) is -5.40. The lowest BCUT2D eigenvalue weighted by molar-refractivity contribution is -0.206. The van der Waals surface area contributed by atoms with E-state index in [1.165, 1.54) is 72.8 Å². The van der Waals surface area contributed by atoms with Gasteiger partial charge in [-0.3, -0.25) is 0 Å². The van der Waals surface area contributed by atoms with Crippen LogP contribution in [0.25, 0.3) is 0 Å². The standard InChI is InChI=1S/C54H46O17/c55-39(31-63-47(56)33-19-7-1-8-20-33)41-43(67-49(58)35-23-11-3-12-24-35)46(70-52(61)38-29-17-6-18-30-38)54(71-41)64-32-40(65-48(57)34-21-9-2-10-22-34)42-44(68-50(59)36-25-13-4-14-26-36)45(53(62)66-42)69-51(60)37-27-15-5-16-28-37/h1-30,39-46,53-55,62H,31-32H2/t39-,40-,41+,42+,43+,44+,45-,46-,53-,54-/m1/s1. The van der Waals surface area contributed by atoms with E-state index in [-0.39, 0.29) is 33.4 Å². The van der Waals surface area contributed by atoms with E-state index >= 15 is 0 Å². The molecule has 0 saturated carbocycles. The number of hydrogen-bond acceptors (Lipinski definition) is 17. The molecule has 0 radical (unpaired) electrons. The zero-order valence-corrected chi connectivity index (χ0v) is 37.5. The molecule has 8 rings (SSSR count). The topological polar surface area (TPSA) is 226 Å². The van der Waals surface area contributed by atoms with Crippen LogP contribution in [-0.4, -0.2) is 121 Å². The van der Waals surface area contributed by atoms with Crippen molar-refractivity contribution in [3.8, 4) is 0 Å². The van der Waals surface area contributed by atoms with Crippen molar-refractivity contribution in [2.24, 2.45) is 0 Å². The summed E-state index contributed by atoms with van der Waals surface area (Å²) in [6.07, 6.45) is -17.2. The second-order valence-corrected chi connectivity index (χ2v) is 16.1. The molecule has 2 heterocycles. The summed E-state index contributed by atoms with van der Waals surface area (Å²) >= 11 is 0. The highest BCUT2D eigenvalue weighted by Gasteiger charge is 2.56. The first kappa shape index (κ1) is 49.4. The molecular formula is C54H46O17. The predicted molar refractivity (Wildman–Crippen MR) is 246 cm³/mol. The predicted octanol–water partition coefficient (Wildman–Crippen LogP) is 5.79. The maximum atomic E-state index is 13.9. The average Bonchev–Trinajstić information content (AvgIpc) is 3.91. The normalized spacial score (nSPS) is 22.2. The van der Waals surface area contributed by atoms with E-state index in [1.54, 1.807) is 109 Å². The van der Waals surface area contributed by atoms with E-state index in [0.717, 1.165) is 0 Å². The van der Waals surface area contributed by atoms with Gasteiger partial charge in [0.2, 0.25) is 0 Å². The van der Waals surface area contributed by atoms with Crippen LogP contribution in [0, 0.1) is 0 Å². The highest BCUT2D eigenvalue weighted by atomic mass is 16.7. The third kappa shape index (κ3) is 12.4. The second kappa shape index (κ2) is 23.5. The molecule has 6 aromatic rings. The maximum absolute atomic E-state index is 13.9. The van der Waals surface area contributed by atoms with Gasteiger partial charge in [0.25, 0.3) is 0 Å². The number of hydrogen-bond donors (Lipinski definition) is 2. The first-order chi connectivity index (χ1) is 34.5. The number of rotatable bonds is 18. The highest BCUT2D eigenvalue weighted by molar-refractivity contribution is 5.92. The van der Waals surface area contributed by atoms with Crippen LogP contribution in [0.15, 0.2) is 182 Å². The van der Waals surface area contributed by atoms with Gasteiger partial charge in [-0.1, -0.05) is 109 Å². The second-order valence-electron chi connectivity index (χ2n) is 16.1. The van der Waals surface area contributed by atoms with Crippen LogP contribution in [-0.2, 0) is 42.6 Å². The molecule has 6 aromatic carbocycles. The first-order valence-electron chi connectivity index (χ1n) is 22.3. The van der Waals surface area contributed by atoms with Gasteiger partial charge in [0, 0.05) is 0 Å². The molecule has 0 amide bonds. The summed E-state index contributed by atoms with van der Waals surface area (Å²) in [6, 6.07) is 46.8. The van der Waals surface area contributed by atoms with Crippen molar-refractivity contribution in [2.75, 3.05) is 13.2 Å². The maximum Gasteiger partial charge on any atom is 0.338 e. The summed E-state index contributed by atoms with van der Waals surface area (Å²) in [4.78, 5) is 81.8. The molecule has 0 aromatic heterocycles. The monoisotopic (exact) mass is 966 g/mol. The smallest absolute Gasteiger partial charge is 0.338 e. The van der Waals surface area contributed by atoms with Gasteiger partial charge in [-0.15, -0.1) is 0 Å². The van der Waals surface area contributed by atoms with Gasteiger partial charge in [-0.25, -0.2) is 28.8 Å². The van der Waals surface area contributed by atoms with Crippen LogP contribution in [0.5, 0.6) is 0 Å². The Kier molecular flexibility index (Phi) is 16.3. The van der Waals surface area contributed by atoms with Crippen molar-refractivity contribution in [3.63, 3.8) is 0 Å². The van der Waals surface area contributed by atoms with E-state index in [9.17, 15) is 39.0 Å². The molecule has 0 unspecified atom stereocenters. The van der Waals surface area contributed by atoms with Gasteiger partial charge in [0.15, 0.2) is 43.1 Å². The average molecular weight is 967 g/mol. The molecule has 0 aliphatic carbocycles. The molecular weight excluding hydrogens is 921 g/mol. The highest BCUT2D eigenvalue weighted by Crippen LogP contribution is 2.35. The lowest BCUT2D eigenvalue weighted by Gasteiger charge is -2.30. The molecule has 2 aliphatic rings. The summed E-state index contributed by atoms with van der Waals surface area (Å²) < 4.78 is 53.6. The fourth-order valence-electron chi connectivity index (χ4n) is 7.72. The molecule has 2 fully saturated rings. The first-order valence-corrected chi connectivity index (χ1v) is 22.3. The van der Waals surface area contributed by atoms with Crippen LogP contribution in [0.3, 0.4) is 0 Å². The van der Waals surface area contributed by atoms with Crippen molar-refractivity contribution in [2.45, 2.75) is 61.4 Å². The molecule has 17 nitrogen and oxygen atoms in total. The Labute approximate surface area is 406 Å². The Morgan fingerprint density at radius 1 is 0.408 bits per heavy atom. The van der Waals surface area contributed by atoms with Crippen molar-refractivity contribution in [1.82, 2.24) is 0 Å². The Hall–Kier alpha value is -8.06. The number of aliphatic hydroxyl groups excluding tert-OH is 2. The Balaban J connectivity index is 1.14. The van der Waals surface area contributed by atoms with Crippen LogP contribution in [0.2, 0.25) is 0 Å². The zero-order valence-electron chi connectivity index (χ0n) is 37.5. The lowest BCUT2D eigenvalue weighted by atomic mass is 10.0. The molecule has 2 aliphatic heterocycles. The van der Waals surface area contributed by atoms with Crippen molar-refractivity contribution in [3.05, 3.63) is 215 Å². The quantitative estimate of drug-likeness (QED) is 0.0768. The van der Waals surface area contributed by atoms with Crippen LogP contribution < -0.4 is 0 Å². The molecule has 2 N–H and O–H groups in total. The minimum Gasteiger partial charge on any atom is -0.459 e. The van der Waals surface area contributed by atoms with E-state index in [0.29, 0.717) is 0 Å². The molecule has 10 atom stereocenters. The SMILES string of the molecule is O=C(OC[C@@H](O)[C@@H]1O[C@@H](OC[C@@H](OC(=O)c2ccccc2)[C@@H]2O[C@@H](O)[C@H](OC(=O)c3ccccc3)[C@H]2OC(=O)c2ccccc2)[C@H](OC(=O)c2ccccc2)[C@H]1OC(=O)c1ccccc1)c1ccccc1. The lowest BCUT2D eigenvalue weighted by Crippen LogP contribution is -2.48. The van der Waals surface area contributed by atoms with Crippen LogP contribution in [0.1, 0.15) is 62.1 Å². The fraction of sp³-hybridized carbons (Fsp3) is 0.222. The largest absolute Gasteiger partial charge is 0.459 e. The number of ether oxygens (including phenoxy) is 9. The summed E-state index contributed by atoms with van der Waals surface area (Å²) in [7, 11) is 0. The summed E-state index contributed by atoms with van der Waals surface area (Å²) in [5.41, 5.74) is 0.561. The molecule has 0 spiro atoms.